The number of aromatic nitrogens is 3. The highest BCUT2D eigenvalue weighted by molar-refractivity contribution is 5.96. The molecule has 2 saturated carbocycles. The first-order valence-corrected chi connectivity index (χ1v) is 14.6. The Hall–Kier alpha value is -3.84. The molecule has 7 rings (SSSR count). The van der Waals surface area contributed by atoms with E-state index in [4.69, 9.17) is 9.72 Å². The SMILES string of the molecule is Cc1ccc2c(CC(=O)[C@H]3CC3C3CC3)cccc2c1Oc1ncccc1-c1ccnc(N[C@H]2CCCNC2)n1. The highest BCUT2D eigenvalue weighted by Crippen LogP contribution is 2.55. The molecule has 2 aromatic carbocycles. The Morgan fingerprint density at radius 1 is 1.02 bits per heavy atom. The third-order valence-electron chi connectivity index (χ3n) is 8.68. The smallest absolute Gasteiger partial charge is 0.228 e. The molecule has 204 valence electrons. The van der Waals surface area contributed by atoms with Gasteiger partial charge in [-0.1, -0.05) is 30.3 Å². The Balaban J connectivity index is 1.17. The van der Waals surface area contributed by atoms with Gasteiger partial charge in [-0.2, -0.15) is 0 Å². The van der Waals surface area contributed by atoms with Crippen molar-refractivity contribution in [3.05, 3.63) is 72.1 Å². The van der Waals surface area contributed by atoms with Crippen molar-refractivity contribution in [2.75, 3.05) is 18.4 Å². The molecular weight excluding hydrogens is 498 g/mol. The van der Waals surface area contributed by atoms with Crippen LogP contribution in [-0.2, 0) is 11.2 Å². The maximum Gasteiger partial charge on any atom is 0.228 e. The van der Waals surface area contributed by atoms with E-state index in [0.717, 1.165) is 77.2 Å². The van der Waals surface area contributed by atoms with Crippen molar-refractivity contribution in [2.45, 2.75) is 51.5 Å². The molecule has 3 fully saturated rings. The number of pyridine rings is 1. The first kappa shape index (κ1) is 25.1. The van der Waals surface area contributed by atoms with Crippen molar-refractivity contribution in [1.29, 1.82) is 0 Å². The molecule has 3 heterocycles. The van der Waals surface area contributed by atoms with Crippen LogP contribution in [-0.4, -0.2) is 39.9 Å². The van der Waals surface area contributed by atoms with Gasteiger partial charge in [0.25, 0.3) is 0 Å². The number of hydrogen-bond acceptors (Lipinski definition) is 7. The van der Waals surface area contributed by atoms with E-state index in [9.17, 15) is 4.79 Å². The second kappa shape index (κ2) is 10.6. The van der Waals surface area contributed by atoms with E-state index in [1.807, 2.05) is 31.2 Å². The number of carbonyl (C=O) groups is 1. The van der Waals surface area contributed by atoms with Gasteiger partial charge in [-0.3, -0.25) is 4.79 Å². The summed E-state index contributed by atoms with van der Waals surface area (Å²) < 4.78 is 6.59. The summed E-state index contributed by atoms with van der Waals surface area (Å²) in [7, 11) is 0. The molecular formula is C33H35N5O2. The second-order valence-electron chi connectivity index (χ2n) is 11.6. The topological polar surface area (TPSA) is 89.0 Å². The number of piperidine rings is 1. The van der Waals surface area contributed by atoms with Crippen LogP contribution in [0.1, 0.15) is 43.2 Å². The van der Waals surface area contributed by atoms with E-state index in [1.165, 1.54) is 12.8 Å². The average Bonchev–Trinajstić information content (AvgIpc) is 3.89. The molecule has 7 nitrogen and oxygen atoms in total. The zero-order chi connectivity index (χ0) is 27.1. The van der Waals surface area contributed by atoms with Crippen LogP contribution in [0.4, 0.5) is 5.95 Å². The molecule has 7 heteroatoms. The van der Waals surface area contributed by atoms with E-state index >= 15 is 0 Å². The van der Waals surface area contributed by atoms with Gasteiger partial charge in [0.2, 0.25) is 11.8 Å². The molecule has 3 aliphatic rings. The van der Waals surface area contributed by atoms with E-state index < -0.39 is 0 Å². The van der Waals surface area contributed by atoms with Crippen molar-refractivity contribution < 1.29 is 9.53 Å². The lowest BCUT2D eigenvalue weighted by atomic mass is 9.96. The zero-order valence-corrected chi connectivity index (χ0v) is 22.9. The summed E-state index contributed by atoms with van der Waals surface area (Å²) in [5.74, 6) is 3.96. The second-order valence-corrected chi connectivity index (χ2v) is 11.6. The number of nitrogens with zero attached hydrogens (tertiary/aromatic N) is 3. The number of hydrogen-bond donors (Lipinski definition) is 2. The van der Waals surface area contributed by atoms with E-state index in [2.05, 4.69) is 44.9 Å². The number of nitrogens with one attached hydrogen (secondary N) is 2. The fourth-order valence-electron chi connectivity index (χ4n) is 6.24. The van der Waals surface area contributed by atoms with Crippen LogP contribution in [0.3, 0.4) is 0 Å². The Bertz CT molecular complexity index is 1560. The molecule has 0 spiro atoms. The number of rotatable bonds is 9. The van der Waals surface area contributed by atoms with Crippen molar-refractivity contribution in [1.82, 2.24) is 20.3 Å². The number of aryl methyl sites for hydroxylation is 1. The molecule has 2 aromatic heterocycles. The maximum absolute atomic E-state index is 13.1. The van der Waals surface area contributed by atoms with Gasteiger partial charge in [0.1, 0.15) is 11.5 Å². The van der Waals surface area contributed by atoms with Crippen LogP contribution in [0, 0.1) is 24.7 Å². The standard InChI is InChI=1S/C33H35N5O2/c1-20-9-12-24-22(17-30(39)28-18-27(28)21-10-11-21)5-2-7-25(24)31(20)40-32-26(8-4-15-35-32)29-13-16-36-33(38-29)37-23-6-3-14-34-19-23/h2,4-5,7-9,12-13,15-16,21,23,27-28,34H,3,6,10-11,14,17-19H2,1H3,(H,36,37,38)/t23-,27?,28-/m0/s1. The summed E-state index contributed by atoms with van der Waals surface area (Å²) in [6.45, 7) is 4.01. The van der Waals surface area contributed by atoms with Crippen LogP contribution >= 0.6 is 0 Å². The molecule has 1 aliphatic heterocycles. The fourth-order valence-corrected chi connectivity index (χ4v) is 6.24. The summed E-state index contributed by atoms with van der Waals surface area (Å²) in [6.07, 6.45) is 9.93. The number of ketones is 1. The van der Waals surface area contributed by atoms with E-state index in [1.54, 1.807) is 12.4 Å². The van der Waals surface area contributed by atoms with Crippen molar-refractivity contribution in [2.24, 2.45) is 17.8 Å². The number of ether oxygens (including phenoxy) is 1. The first-order valence-electron chi connectivity index (χ1n) is 14.6. The molecule has 0 radical (unpaired) electrons. The van der Waals surface area contributed by atoms with Crippen molar-refractivity contribution in [3.63, 3.8) is 0 Å². The minimum Gasteiger partial charge on any atom is -0.437 e. The minimum atomic E-state index is 0.265. The van der Waals surface area contributed by atoms with Gasteiger partial charge in [0.15, 0.2) is 0 Å². The van der Waals surface area contributed by atoms with E-state index in [-0.39, 0.29) is 5.92 Å². The Kier molecular flexibility index (Phi) is 6.68. The van der Waals surface area contributed by atoms with Gasteiger partial charge in [-0.25, -0.2) is 15.0 Å². The minimum absolute atomic E-state index is 0.265. The van der Waals surface area contributed by atoms with Gasteiger partial charge >= 0.3 is 0 Å². The Morgan fingerprint density at radius 3 is 2.80 bits per heavy atom. The number of anilines is 1. The van der Waals surface area contributed by atoms with Gasteiger partial charge in [-0.05, 0) is 92.1 Å². The first-order chi connectivity index (χ1) is 19.6. The van der Waals surface area contributed by atoms with Crippen molar-refractivity contribution in [3.8, 4) is 22.9 Å². The number of Topliss-reactive ketones (excluding diaryl/α,β-unsaturated/α-hetero) is 1. The fraction of sp³-hybridized carbons (Fsp3) is 0.394. The molecule has 0 amide bonds. The summed E-state index contributed by atoms with van der Waals surface area (Å²) in [5.41, 5.74) is 3.64. The van der Waals surface area contributed by atoms with Crippen LogP contribution in [0.5, 0.6) is 11.6 Å². The lowest BCUT2D eigenvalue weighted by Crippen LogP contribution is -2.38. The predicted octanol–water partition coefficient (Wildman–Crippen LogP) is 6.11. The molecule has 2 aliphatic carbocycles. The number of benzene rings is 2. The number of carbonyl (C=O) groups excluding carboxylic acids is 1. The molecule has 2 N–H and O–H groups in total. The third kappa shape index (κ3) is 5.18. The lowest BCUT2D eigenvalue weighted by molar-refractivity contribution is -0.119. The van der Waals surface area contributed by atoms with Gasteiger partial charge in [0, 0.05) is 42.7 Å². The molecule has 0 bridgehead atoms. The highest BCUT2D eigenvalue weighted by atomic mass is 16.5. The molecule has 1 saturated heterocycles. The van der Waals surface area contributed by atoms with Crippen LogP contribution in [0.15, 0.2) is 60.9 Å². The van der Waals surface area contributed by atoms with Crippen molar-refractivity contribution >= 4 is 22.5 Å². The summed E-state index contributed by atoms with van der Waals surface area (Å²) in [5, 5.41) is 8.94. The van der Waals surface area contributed by atoms with Crippen LogP contribution in [0.25, 0.3) is 22.0 Å². The predicted molar refractivity (Wildman–Crippen MR) is 157 cm³/mol. The van der Waals surface area contributed by atoms with Crippen LogP contribution in [0.2, 0.25) is 0 Å². The normalized spacial score (nSPS) is 22.2. The highest BCUT2D eigenvalue weighted by Gasteiger charge is 2.50. The van der Waals surface area contributed by atoms with Gasteiger partial charge < -0.3 is 15.4 Å². The largest absolute Gasteiger partial charge is 0.437 e. The molecule has 40 heavy (non-hydrogen) atoms. The average molecular weight is 534 g/mol. The maximum atomic E-state index is 13.1. The van der Waals surface area contributed by atoms with Crippen LogP contribution < -0.4 is 15.4 Å². The molecule has 3 atom stereocenters. The molecule has 4 aromatic rings. The molecule has 1 unspecified atom stereocenters. The van der Waals surface area contributed by atoms with Gasteiger partial charge in [0.05, 0.1) is 11.3 Å². The Morgan fingerprint density at radius 2 is 1.95 bits per heavy atom. The number of fused-ring (bicyclic) bond motifs is 1. The summed E-state index contributed by atoms with van der Waals surface area (Å²) in [4.78, 5) is 27.0. The lowest BCUT2D eigenvalue weighted by Gasteiger charge is -2.23. The third-order valence-corrected chi connectivity index (χ3v) is 8.68. The van der Waals surface area contributed by atoms with E-state index in [0.29, 0.717) is 36.0 Å². The summed E-state index contributed by atoms with van der Waals surface area (Å²) >= 11 is 0. The monoisotopic (exact) mass is 533 g/mol. The van der Waals surface area contributed by atoms with Gasteiger partial charge in [-0.15, -0.1) is 0 Å². The quantitative estimate of drug-likeness (QED) is 0.268. The summed E-state index contributed by atoms with van der Waals surface area (Å²) in [6, 6.07) is 16.5. The zero-order valence-electron chi connectivity index (χ0n) is 22.9. The Labute approximate surface area is 234 Å².